The predicted molar refractivity (Wildman–Crippen MR) is 91.5 cm³/mol. The first-order valence-electron chi connectivity index (χ1n) is 8.38. The molecular formula is C17H20ClN5O. The maximum absolute atomic E-state index is 12.9. The highest BCUT2D eigenvalue weighted by Gasteiger charge is 2.39. The first-order chi connectivity index (χ1) is 11.7. The number of nitrogens with zero attached hydrogens (tertiary/aromatic N) is 4. The van der Waals surface area contributed by atoms with Crippen molar-refractivity contribution in [3.8, 4) is 5.69 Å². The molecule has 2 saturated heterocycles. The van der Waals surface area contributed by atoms with Crippen LogP contribution >= 0.6 is 11.6 Å². The molecular weight excluding hydrogens is 326 g/mol. The highest BCUT2D eigenvalue weighted by atomic mass is 35.5. The molecule has 0 unspecified atom stereocenters. The monoisotopic (exact) mass is 345 g/mol. The molecule has 0 spiro atoms. The lowest BCUT2D eigenvalue weighted by molar-refractivity contribution is 0.0774. The van der Waals surface area contributed by atoms with Crippen LogP contribution in [-0.2, 0) is 6.42 Å². The fraction of sp³-hybridized carbons (Fsp3) is 0.471. The zero-order chi connectivity index (χ0) is 16.7. The van der Waals surface area contributed by atoms with E-state index in [1.807, 2.05) is 36.1 Å². The second-order valence-electron chi connectivity index (χ2n) is 6.52. The van der Waals surface area contributed by atoms with E-state index in [-0.39, 0.29) is 5.91 Å². The maximum atomic E-state index is 12.9. The van der Waals surface area contributed by atoms with Gasteiger partial charge in [-0.1, -0.05) is 29.8 Å². The van der Waals surface area contributed by atoms with Crippen molar-refractivity contribution < 1.29 is 4.79 Å². The van der Waals surface area contributed by atoms with Crippen molar-refractivity contribution in [2.45, 2.75) is 13.3 Å². The van der Waals surface area contributed by atoms with E-state index in [0.29, 0.717) is 29.0 Å². The van der Waals surface area contributed by atoms with E-state index >= 15 is 0 Å². The number of hydrogen-bond donors (Lipinski definition) is 1. The summed E-state index contributed by atoms with van der Waals surface area (Å²) >= 11 is 6.08. The van der Waals surface area contributed by atoms with Crippen LogP contribution in [0.3, 0.4) is 0 Å². The molecule has 0 radical (unpaired) electrons. The molecule has 3 heterocycles. The molecule has 1 amide bonds. The average molecular weight is 346 g/mol. The Hall–Kier alpha value is -1.92. The molecule has 0 aliphatic carbocycles. The van der Waals surface area contributed by atoms with Crippen molar-refractivity contribution in [1.82, 2.24) is 25.2 Å². The fourth-order valence-corrected chi connectivity index (χ4v) is 3.96. The van der Waals surface area contributed by atoms with Gasteiger partial charge in [-0.2, -0.15) is 0 Å². The van der Waals surface area contributed by atoms with Gasteiger partial charge in [-0.3, -0.25) is 4.79 Å². The van der Waals surface area contributed by atoms with E-state index < -0.39 is 0 Å². The van der Waals surface area contributed by atoms with Gasteiger partial charge in [-0.25, -0.2) is 4.68 Å². The minimum Gasteiger partial charge on any atom is -0.337 e. The lowest BCUT2D eigenvalue weighted by atomic mass is 10.0. The smallest absolute Gasteiger partial charge is 0.276 e. The van der Waals surface area contributed by atoms with Crippen LogP contribution < -0.4 is 5.32 Å². The lowest BCUT2D eigenvalue weighted by Gasteiger charge is -2.16. The van der Waals surface area contributed by atoms with Crippen LogP contribution in [0.2, 0.25) is 5.02 Å². The van der Waals surface area contributed by atoms with Crippen molar-refractivity contribution in [1.29, 1.82) is 0 Å². The third-order valence-electron chi connectivity index (χ3n) is 5.03. The Morgan fingerprint density at radius 3 is 2.75 bits per heavy atom. The molecule has 0 bridgehead atoms. The van der Waals surface area contributed by atoms with E-state index in [2.05, 4.69) is 15.6 Å². The third-order valence-corrected chi connectivity index (χ3v) is 5.27. The largest absolute Gasteiger partial charge is 0.337 e. The normalized spacial score (nSPS) is 22.8. The van der Waals surface area contributed by atoms with Crippen molar-refractivity contribution in [2.24, 2.45) is 11.8 Å². The van der Waals surface area contributed by atoms with E-state index in [1.165, 1.54) is 0 Å². The van der Waals surface area contributed by atoms with Gasteiger partial charge >= 0.3 is 0 Å². The Kier molecular flexibility index (Phi) is 4.02. The third kappa shape index (κ3) is 2.59. The first kappa shape index (κ1) is 15.6. The van der Waals surface area contributed by atoms with Gasteiger partial charge in [0.05, 0.1) is 11.4 Å². The van der Waals surface area contributed by atoms with Crippen LogP contribution in [0.15, 0.2) is 24.3 Å². The van der Waals surface area contributed by atoms with Gasteiger partial charge in [-0.15, -0.1) is 5.10 Å². The number of hydrogen-bond acceptors (Lipinski definition) is 4. The van der Waals surface area contributed by atoms with Crippen LogP contribution in [0.1, 0.15) is 23.1 Å². The second-order valence-corrected chi connectivity index (χ2v) is 6.95. The summed E-state index contributed by atoms with van der Waals surface area (Å²) in [5.41, 5.74) is 2.12. The van der Waals surface area contributed by atoms with Crippen molar-refractivity contribution >= 4 is 17.5 Å². The summed E-state index contributed by atoms with van der Waals surface area (Å²) in [6.07, 6.45) is 0.683. The number of aromatic nitrogens is 3. The molecule has 6 nitrogen and oxygen atoms in total. The molecule has 0 saturated carbocycles. The van der Waals surface area contributed by atoms with Crippen molar-refractivity contribution in [3.63, 3.8) is 0 Å². The SMILES string of the molecule is CCc1c(C(=O)N2C[C@H]3CNC[C@H]3C2)nnn1-c1cccc(Cl)c1. The number of amides is 1. The number of rotatable bonds is 3. The molecule has 1 aromatic heterocycles. The number of fused-ring (bicyclic) bond motifs is 1. The van der Waals surface area contributed by atoms with Gasteiger partial charge in [0, 0.05) is 31.2 Å². The summed E-state index contributed by atoms with van der Waals surface area (Å²) in [6.45, 7) is 5.64. The Morgan fingerprint density at radius 2 is 2.08 bits per heavy atom. The number of carbonyl (C=O) groups is 1. The molecule has 2 aliphatic rings. The van der Waals surface area contributed by atoms with Crippen LogP contribution in [0, 0.1) is 11.8 Å². The molecule has 7 heteroatoms. The Morgan fingerprint density at radius 1 is 1.33 bits per heavy atom. The summed E-state index contributed by atoms with van der Waals surface area (Å²) in [5, 5.41) is 12.4. The second kappa shape index (κ2) is 6.18. The molecule has 1 N–H and O–H groups in total. The van der Waals surface area contributed by atoms with E-state index in [9.17, 15) is 4.79 Å². The van der Waals surface area contributed by atoms with Crippen LogP contribution in [0.25, 0.3) is 5.69 Å². The quantitative estimate of drug-likeness (QED) is 0.921. The molecule has 4 rings (SSSR count). The topological polar surface area (TPSA) is 63.1 Å². The van der Waals surface area contributed by atoms with E-state index in [0.717, 1.165) is 37.6 Å². The molecule has 2 aromatic rings. The van der Waals surface area contributed by atoms with Crippen molar-refractivity contribution in [2.75, 3.05) is 26.2 Å². The van der Waals surface area contributed by atoms with Crippen LogP contribution in [-0.4, -0.2) is 52.0 Å². The molecule has 2 aliphatic heterocycles. The lowest BCUT2D eigenvalue weighted by Crippen LogP contribution is -2.32. The van der Waals surface area contributed by atoms with E-state index in [4.69, 9.17) is 11.6 Å². The number of halogens is 1. The van der Waals surface area contributed by atoms with Crippen molar-refractivity contribution in [3.05, 3.63) is 40.7 Å². The molecule has 2 atom stereocenters. The summed E-state index contributed by atoms with van der Waals surface area (Å²) in [6, 6.07) is 7.43. The van der Waals surface area contributed by atoms with Gasteiger partial charge in [0.25, 0.3) is 5.91 Å². The van der Waals surface area contributed by atoms with Gasteiger partial charge in [0.1, 0.15) is 0 Å². The molecule has 24 heavy (non-hydrogen) atoms. The summed E-state index contributed by atoms with van der Waals surface area (Å²) < 4.78 is 1.72. The number of nitrogens with one attached hydrogen (secondary N) is 1. The average Bonchev–Trinajstić information content (AvgIpc) is 3.27. The summed E-state index contributed by atoms with van der Waals surface area (Å²) in [7, 11) is 0. The zero-order valence-electron chi connectivity index (χ0n) is 13.6. The number of likely N-dealkylation sites (tertiary alicyclic amines) is 1. The Bertz CT molecular complexity index is 762. The van der Waals surface area contributed by atoms with Gasteiger partial charge in [0.15, 0.2) is 5.69 Å². The molecule has 2 fully saturated rings. The van der Waals surface area contributed by atoms with Gasteiger partial charge in [0.2, 0.25) is 0 Å². The molecule has 126 valence electrons. The van der Waals surface area contributed by atoms with Crippen LogP contribution in [0.5, 0.6) is 0 Å². The molecule has 1 aromatic carbocycles. The minimum absolute atomic E-state index is 0.00507. The van der Waals surface area contributed by atoms with E-state index in [1.54, 1.807) is 4.68 Å². The fourth-order valence-electron chi connectivity index (χ4n) is 3.77. The number of benzene rings is 1. The van der Waals surface area contributed by atoms with Crippen LogP contribution in [0.4, 0.5) is 0 Å². The predicted octanol–water partition coefficient (Wildman–Crippen LogP) is 1.77. The Labute approximate surface area is 145 Å². The zero-order valence-corrected chi connectivity index (χ0v) is 14.3. The number of carbonyl (C=O) groups excluding carboxylic acids is 1. The van der Waals surface area contributed by atoms with Gasteiger partial charge in [-0.05, 0) is 36.5 Å². The first-order valence-corrected chi connectivity index (χ1v) is 8.75. The highest BCUT2D eigenvalue weighted by molar-refractivity contribution is 6.30. The Balaban J connectivity index is 1.63. The minimum atomic E-state index is -0.00507. The summed E-state index contributed by atoms with van der Waals surface area (Å²) in [4.78, 5) is 14.9. The standard InChI is InChI=1S/C17H20ClN5O/c1-2-15-16(17(24)22-9-11-7-19-8-12(11)10-22)20-21-23(15)14-5-3-4-13(18)6-14/h3-6,11-12,19H,2,7-10H2,1H3/t11-,12+. The summed E-state index contributed by atoms with van der Waals surface area (Å²) in [5.74, 6) is 1.14. The highest BCUT2D eigenvalue weighted by Crippen LogP contribution is 2.28. The van der Waals surface area contributed by atoms with Gasteiger partial charge < -0.3 is 10.2 Å². The maximum Gasteiger partial charge on any atom is 0.276 e.